The molecule has 0 saturated carbocycles. The number of hydrogen-bond donors (Lipinski definition) is 4. The minimum absolute atomic E-state index is 0.122. The quantitative estimate of drug-likeness (QED) is 0.108. The molecule has 4 aromatic rings. The van der Waals surface area contributed by atoms with Crippen molar-refractivity contribution in [3.63, 3.8) is 0 Å². The zero-order valence-electron chi connectivity index (χ0n) is 35.2. The first-order valence-corrected chi connectivity index (χ1v) is 21.9. The fourth-order valence-electron chi connectivity index (χ4n) is 10.8. The average Bonchev–Trinajstić information content (AvgIpc) is 3.24. The lowest BCUT2D eigenvalue weighted by Gasteiger charge is -2.37. The van der Waals surface area contributed by atoms with E-state index in [2.05, 4.69) is 52.0 Å². The molecule has 0 radical (unpaired) electrons. The van der Waals surface area contributed by atoms with E-state index in [4.69, 9.17) is 49.4 Å². The molecule has 9 rings (SSSR count). The van der Waals surface area contributed by atoms with Crippen LogP contribution in [0.15, 0.2) is 24.3 Å². The van der Waals surface area contributed by atoms with Crippen LogP contribution in [-0.4, -0.2) is 37.4 Å². The molecule has 4 heterocycles. The van der Waals surface area contributed by atoms with E-state index in [1.54, 1.807) is 0 Å². The molecule has 0 aromatic heterocycles. The smallest absolute Gasteiger partial charge is 0.230 e. The Morgan fingerprint density at radius 2 is 0.583 bits per heavy atom. The standard InChI is InChI=1S/C48H58N2O10/c1-5-9-25-29-13-30-26(10-6-2)35-16-36-28(12-8-4)32-14-31-27(11-7-3)34-15-33(25)45-39(19-51)46(34)58-23-55-43(31)38(18-50)44(32)56-24-60-48(36)40(20-52)47(35)59-22-54-42(30)37(17-49)41(29)53-21-57-45/h13-16,25-28,51-52H,5-12,17-24,49-50H2,1-4H3/t25-,26+,27-,28+. The maximum Gasteiger partial charge on any atom is 0.230 e. The molecule has 4 aliphatic heterocycles. The third-order valence-electron chi connectivity index (χ3n) is 13.2. The van der Waals surface area contributed by atoms with Gasteiger partial charge in [-0.15, -0.1) is 0 Å². The molecule has 12 nitrogen and oxygen atoms in total. The minimum atomic E-state index is -0.314. The topological polar surface area (TPSA) is 166 Å². The lowest BCUT2D eigenvalue weighted by molar-refractivity contribution is 0.0913. The molecule has 5 aliphatic rings. The van der Waals surface area contributed by atoms with Crippen molar-refractivity contribution in [1.29, 1.82) is 0 Å². The Bertz CT molecular complexity index is 1850. The first-order valence-electron chi connectivity index (χ1n) is 21.9. The Kier molecular flexibility index (Phi) is 11.4. The maximum absolute atomic E-state index is 11.3. The average molecular weight is 823 g/mol. The summed E-state index contributed by atoms with van der Waals surface area (Å²) < 4.78 is 52.8. The molecule has 4 aromatic carbocycles. The number of aliphatic hydroxyl groups is 2. The van der Waals surface area contributed by atoms with Crippen LogP contribution >= 0.6 is 0 Å². The van der Waals surface area contributed by atoms with Gasteiger partial charge in [-0.05, 0) is 49.9 Å². The van der Waals surface area contributed by atoms with Gasteiger partial charge >= 0.3 is 0 Å². The van der Waals surface area contributed by atoms with Crippen molar-refractivity contribution < 1.29 is 48.1 Å². The summed E-state index contributed by atoms with van der Waals surface area (Å²) in [6, 6.07) is 9.04. The van der Waals surface area contributed by atoms with Crippen LogP contribution in [0.2, 0.25) is 0 Å². The summed E-state index contributed by atoms with van der Waals surface area (Å²) in [5.41, 5.74) is 23.8. The molecule has 0 saturated heterocycles. The number of benzene rings is 4. The predicted octanol–water partition coefficient (Wildman–Crippen LogP) is 8.54. The molecule has 0 unspecified atom stereocenters. The molecule has 0 amide bonds. The van der Waals surface area contributed by atoms with Crippen LogP contribution in [0.1, 0.15) is 169 Å². The van der Waals surface area contributed by atoms with E-state index in [0.717, 1.165) is 107 Å². The highest BCUT2D eigenvalue weighted by Crippen LogP contribution is 2.58. The fraction of sp³-hybridized carbons (Fsp3) is 0.500. The Balaban J connectivity index is 1.50. The highest BCUT2D eigenvalue weighted by molar-refractivity contribution is 5.69. The molecular formula is C48H58N2O10. The second kappa shape index (κ2) is 16.9. The van der Waals surface area contributed by atoms with E-state index in [1.807, 2.05) is 0 Å². The van der Waals surface area contributed by atoms with Crippen LogP contribution in [0, 0.1) is 0 Å². The largest absolute Gasteiger partial charge is 0.457 e. The van der Waals surface area contributed by atoms with Crippen molar-refractivity contribution in [3.05, 3.63) is 91.0 Å². The summed E-state index contributed by atoms with van der Waals surface area (Å²) in [7, 11) is 0. The summed E-state index contributed by atoms with van der Waals surface area (Å²) in [4.78, 5) is 0. The molecule has 0 fully saturated rings. The summed E-state index contributed by atoms with van der Waals surface area (Å²) in [5, 5.41) is 22.6. The summed E-state index contributed by atoms with van der Waals surface area (Å²) >= 11 is 0. The van der Waals surface area contributed by atoms with Gasteiger partial charge in [-0.2, -0.15) is 0 Å². The molecule has 12 heteroatoms. The van der Waals surface area contributed by atoms with E-state index in [0.29, 0.717) is 57.1 Å². The van der Waals surface area contributed by atoms with Crippen molar-refractivity contribution >= 4 is 0 Å². The highest BCUT2D eigenvalue weighted by atomic mass is 16.7. The maximum atomic E-state index is 11.3. The van der Waals surface area contributed by atoms with Crippen LogP contribution in [0.25, 0.3) is 0 Å². The zero-order chi connectivity index (χ0) is 41.7. The van der Waals surface area contributed by atoms with Gasteiger partial charge in [-0.25, -0.2) is 0 Å². The fourth-order valence-corrected chi connectivity index (χ4v) is 10.8. The van der Waals surface area contributed by atoms with E-state index in [1.165, 1.54) is 0 Å². The number of hydrogen-bond acceptors (Lipinski definition) is 12. The van der Waals surface area contributed by atoms with E-state index in [9.17, 15) is 10.2 Å². The third kappa shape index (κ3) is 6.32. The molecular weight excluding hydrogens is 765 g/mol. The minimum Gasteiger partial charge on any atom is -0.457 e. The second-order valence-electron chi connectivity index (χ2n) is 16.5. The zero-order valence-corrected chi connectivity index (χ0v) is 35.2. The Labute approximate surface area is 352 Å². The number of ether oxygens (including phenoxy) is 8. The van der Waals surface area contributed by atoms with E-state index in [-0.39, 0.29) is 77.1 Å². The summed E-state index contributed by atoms with van der Waals surface area (Å²) in [5.74, 6) is 3.95. The van der Waals surface area contributed by atoms with Gasteiger partial charge in [0.25, 0.3) is 0 Å². The molecule has 6 N–H and O–H groups in total. The van der Waals surface area contributed by atoms with Gasteiger partial charge in [0.2, 0.25) is 27.2 Å². The first kappa shape index (κ1) is 40.5. The SMILES string of the molecule is CCC[C@@H]1c2cc3c4c(CN)c2OCOc2c1cc1c(c2CO)OCOc2c(cc5c(c2CN)OCOc2c(cc(c(c2CO)OCO4)[C@H]3CCC)[C@H]5CCC)[C@H]1CCC. The summed E-state index contributed by atoms with van der Waals surface area (Å²) in [6.45, 7) is 7.92. The second-order valence-corrected chi connectivity index (χ2v) is 16.5. The van der Waals surface area contributed by atoms with Crippen LogP contribution in [0.3, 0.4) is 0 Å². The lowest BCUT2D eigenvalue weighted by atomic mass is 9.74. The molecule has 8 bridgehead atoms. The van der Waals surface area contributed by atoms with E-state index >= 15 is 0 Å². The van der Waals surface area contributed by atoms with Gasteiger partial charge in [0.1, 0.15) is 46.0 Å². The number of nitrogens with two attached hydrogens (primary N) is 2. The Morgan fingerprint density at radius 3 is 0.750 bits per heavy atom. The third-order valence-corrected chi connectivity index (χ3v) is 13.2. The number of rotatable bonds is 12. The Morgan fingerprint density at radius 1 is 0.383 bits per heavy atom. The van der Waals surface area contributed by atoms with Gasteiger partial charge in [0.05, 0.1) is 35.5 Å². The van der Waals surface area contributed by atoms with Crippen molar-refractivity contribution in [2.75, 3.05) is 27.2 Å². The first-order chi connectivity index (χ1) is 29.5. The Hall–Kier alpha value is -4.88. The van der Waals surface area contributed by atoms with Crippen molar-refractivity contribution in [1.82, 2.24) is 0 Å². The highest BCUT2D eigenvalue weighted by Gasteiger charge is 2.41. The number of aliphatic hydroxyl groups excluding tert-OH is 2. The summed E-state index contributed by atoms with van der Waals surface area (Å²) in [6.07, 6.45) is 6.48. The van der Waals surface area contributed by atoms with Crippen molar-refractivity contribution in [2.24, 2.45) is 11.5 Å². The monoisotopic (exact) mass is 822 g/mol. The predicted molar refractivity (Wildman–Crippen MR) is 225 cm³/mol. The molecule has 0 spiro atoms. The molecule has 320 valence electrons. The van der Waals surface area contributed by atoms with Gasteiger partial charge in [0.15, 0.2) is 0 Å². The van der Waals surface area contributed by atoms with Crippen LogP contribution in [-0.2, 0) is 26.3 Å². The molecule has 1 aliphatic carbocycles. The normalized spacial score (nSPS) is 20.3. The van der Waals surface area contributed by atoms with Gasteiger partial charge in [-0.3, -0.25) is 0 Å². The van der Waals surface area contributed by atoms with Crippen LogP contribution in [0.5, 0.6) is 46.0 Å². The molecule has 60 heavy (non-hydrogen) atoms. The van der Waals surface area contributed by atoms with Crippen LogP contribution < -0.4 is 49.4 Å². The van der Waals surface area contributed by atoms with Gasteiger partial charge in [0, 0.05) is 81.3 Å². The van der Waals surface area contributed by atoms with E-state index < -0.39 is 0 Å². The van der Waals surface area contributed by atoms with Gasteiger partial charge < -0.3 is 59.6 Å². The molecule has 4 atom stereocenters. The van der Waals surface area contributed by atoms with Crippen LogP contribution in [0.4, 0.5) is 0 Å². The van der Waals surface area contributed by atoms with Crippen molar-refractivity contribution in [2.45, 2.75) is 129 Å². The van der Waals surface area contributed by atoms with Gasteiger partial charge in [-0.1, -0.05) is 53.4 Å². The lowest BCUT2D eigenvalue weighted by Crippen LogP contribution is -2.26. The van der Waals surface area contributed by atoms with Crippen molar-refractivity contribution in [3.8, 4) is 46.0 Å².